The van der Waals surface area contributed by atoms with Gasteiger partial charge >= 0.3 is 0 Å². The summed E-state index contributed by atoms with van der Waals surface area (Å²) in [5.74, 6) is 0. The number of rotatable bonds is 4. The monoisotopic (exact) mass is 706 g/mol. The molecule has 0 heterocycles. The van der Waals surface area contributed by atoms with E-state index in [1.165, 1.54) is 120 Å². The van der Waals surface area contributed by atoms with E-state index >= 15 is 0 Å². The van der Waals surface area contributed by atoms with Crippen LogP contribution in [0.1, 0.15) is 0 Å². The van der Waals surface area contributed by atoms with Crippen LogP contribution in [0.15, 0.2) is 206 Å². The smallest absolute Gasteiger partial charge is 0.00203 e. The second-order valence-electron chi connectivity index (χ2n) is 15.2. The second-order valence-corrected chi connectivity index (χ2v) is 15.2. The lowest BCUT2D eigenvalue weighted by molar-refractivity contribution is 1.62. The lowest BCUT2D eigenvalue weighted by Gasteiger charge is -2.17. The summed E-state index contributed by atoms with van der Waals surface area (Å²) in [6.07, 6.45) is 0. The van der Waals surface area contributed by atoms with Crippen molar-refractivity contribution >= 4 is 75.4 Å². The molecule has 0 spiro atoms. The van der Waals surface area contributed by atoms with Crippen LogP contribution >= 0.6 is 0 Å². The largest absolute Gasteiger partial charge is 0.0616 e. The third-order valence-corrected chi connectivity index (χ3v) is 12.2. The van der Waals surface area contributed by atoms with Crippen LogP contribution in [0.3, 0.4) is 0 Å². The molecule has 12 rings (SSSR count). The molecular formula is C56H34. The van der Waals surface area contributed by atoms with Crippen molar-refractivity contribution in [1.82, 2.24) is 0 Å². The fourth-order valence-corrected chi connectivity index (χ4v) is 9.50. The van der Waals surface area contributed by atoms with Crippen LogP contribution in [0.5, 0.6) is 0 Å². The van der Waals surface area contributed by atoms with Crippen molar-refractivity contribution in [2.24, 2.45) is 0 Å². The molecule has 0 saturated heterocycles. The van der Waals surface area contributed by atoms with Crippen LogP contribution < -0.4 is 0 Å². The molecule has 0 bridgehead atoms. The van der Waals surface area contributed by atoms with Crippen LogP contribution in [0.2, 0.25) is 0 Å². The van der Waals surface area contributed by atoms with Gasteiger partial charge in [0.1, 0.15) is 0 Å². The quantitative estimate of drug-likeness (QED) is 0.160. The average Bonchev–Trinajstić information content (AvgIpc) is 3.27. The first kappa shape index (κ1) is 31.1. The van der Waals surface area contributed by atoms with E-state index < -0.39 is 0 Å². The van der Waals surface area contributed by atoms with E-state index in [9.17, 15) is 0 Å². The first-order chi connectivity index (χ1) is 27.7. The molecule has 0 aliphatic heterocycles. The van der Waals surface area contributed by atoms with Gasteiger partial charge in [-0.3, -0.25) is 0 Å². The molecule has 56 heavy (non-hydrogen) atoms. The summed E-state index contributed by atoms with van der Waals surface area (Å²) in [5.41, 5.74) is 9.94. The van der Waals surface area contributed by atoms with E-state index in [1.807, 2.05) is 0 Å². The van der Waals surface area contributed by atoms with Gasteiger partial charge in [-0.25, -0.2) is 0 Å². The average molecular weight is 707 g/mol. The molecule has 0 aliphatic rings. The van der Waals surface area contributed by atoms with Crippen LogP contribution in [0.4, 0.5) is 0 Å². The zero-order valence-corrected chi connectivity index (χ0v) is 30.6. The van der Waals surface area contributed by atoms with E-state index in [0.717, 1.165) is 0 Å². The maximum Gasteiger partial charge on any atom is -0.00203 e. The highest BCUT2D eigenvalue weighted by Crippen LogP contribution is 2.44. The van der Waals surface area contributed by atoms with E-state index in [0.29, 0.717) is 0 Å². The summed E-state index contributed by atoms with van der Waals surface area (Å²) >= 11 is 0. The SMILES string of the molecule is c1cc(-c2ccc3ccc4ccccc4c3c2)cc(-c2ccc3ccc4c(-c5cccc(-c6cc7ccccc7c7ccccc67)c5)ccc5ccc2c3c54)c1. The van der Waals surface area contributed by atoms with Gasteiger partial charge in [0.25, 0.3) is 0 Å². The van der Waals surface area contributed by atoms with Crippen molar-refractivity contribution in [3.63, 3.8) is 0 Å². The first-order valence-electron chi connectivity index (χ1n) is 19.5. The topological polar surface area (TPSA) is 0 Å². The third kappa shape index (κ3) is 4.73. The van der Waals surface area contributed by atoms with E-state index in [4.69, 9.17) is 0 Å². The minimum absolute atomic E-state index is 1.23. The van der Waals surface area contributed by atoms with Crippen molar-refractivity contribution in [3.8, 4) is 44.5 Å². The highest BCUT2D eigenvalue weighted by atomic mass is 14.2. The zero-order valence-electron chi connectivity index (χ0n) is 30.6. The number of hydrogen-bond donors (Lipinski definition) is 0. The van der Waals surface area contributed by atoms with Gasteiger partial charge in [-0.2, -0.15) is 0 Å². The van der Waals surface area contributed by atoms with E-state index in [2.05, 4.69) is 206 Å². The Hall–Kier alpha value is -7.28. The van der Waals surface area contributed by atoms with Crippen molar-refractivity contribution in [2.45, 2.75) is 0 Å². The molecule has 12 aromatic carbocycles. The highest BCUT2D eigenvalue weighted by molar-refractivity contribution is 6.27. The molecule has 0 amide bonds. The number of hydrogen-bond acceptors (Lipinski definition) is 0. The molecule has 0 fully saturated rings. The van der Waals surface area contributed by atoms with Crippen LogP contribution in [0.25, 0.3) is 120 Å². The normalized spacial score (nSPS) is 11.9. The van der Waals surface area contributed by atoms with Crippen LogP contribution in [0, 0.1) is 0 Å². The molecule has 0 radical (unpaired) electrons. The summed E-state index contributed by atoms with van der Waals surface area (Å²) in [7, 11) is 0. The Balaban J connectivity index is 1.00. The molecule has 12 aromatic rings. The van der Waals surface area contributed by atoms with Gasteiger partial charge in [-0.1, -0.05) is 182 Å². The standard InChI is InChI=1S/C56H34/c1-3-15-45-35(9-1)19-20-36-21-22-40(33-53(36)45)39-11-7-12-41(31-39)47-27-23-37-26-30-52-48(28-24-38-25-29-51(47)55(37)56(38)52)42-13-8-14-43(32-42)54-34-44-10-2-4-16-46(44)49-17-5-6-18-50(49)54/h1-34H. The van der Waals surface area contributed by atoms with Crippen molar-refractivity contribution in [3.05, 3.63) is 206 Å². The predicted molar refractivity (Wildman–Crippen MR) is 242 cm³/mol. The maximum absolute atomic E-state index is 2.38. The predicted octanol–water partition coefficient (Wildman–Crippen LogP) is 15.9. The minimum Gasteiger partial charge on any atom is -0.0616 e. The van der Waals surface area contributed by atoms with Gasteiger partial charge in [0.15, 0.2) is 0 Å². The van der Waals surface area contributed by atoms with Gasteiger partial charge < -0.3 is 0 Å². The Morgan fingerprint density at radius 1 is 0.179 bits per heavy atom. The molecule has 0 atom stereocenters. The molecular weight excluding hydrogens is 673 g/mol. The van der Waals surface area contributed by atoms with Crippen molar-refractivity contribution in [1.29, 1.82) is 0 Å². The molecule has 0 aliphatic carbocycles. The minimum atomic E-state index is 1.23. The summed E-state index contributed by atoms with van der Waals surface area (Å²) in [6, 6.07) is 76.7. The molecule has 0 aromatic heterocycles. The van der Waals surface area contributed by atoms with E-state index in [1.54, 1.807) is 0 Å². The van der Waals surface area contributed by atoms with Crippen LogP contribution in [-0.4, -0.2) is 0 Å². The zero-order chi connectivity index (χ0) is 36.7. The Morgan fingerprint density at radius 2 is 0.625 bits per heavy atom. The third-order valence-electron chi connectivity index (χ3n) is 12.2. The van der Waals surface area contributed by atoms with Gasteiger partial charge in [-0.15, -0.1) is 0 Å². The number of fused-ring (bicyclic) bond motifs is 6. The van der Waals surface area contributed by atoms with Gasteiger partial charge in [-0.05, 0) is 144 Å². The van der Waals surface area contributed by atoms with E-state index in [-0.39, 0.29) is 0 Å². The fraction of sp³-hybridized carbons (Fsp3) is 0. The second kappa shape index (κ2) is 12.1. The number of benzene rings is 12. The Labute approximate surface area is 324 Å². The van der Waals surface area contributed by atoms with Crippen molar-refractivity contribution < 1.29 is 0 Å². The Bertz CT molecular complexity index is 3530. The lowest BCUT2D eigenvalue weighted by atomic mass is 9.86. The molecule has 0 nitrogen and oxygen atoms in total. The summed E-state index contributed by atoms with van der Waals surface area (Å²) in [5, 5.41) is 18.0. The first-order valence-corrected chi connectivity index (χ1v) is 19.5. The molecule has 0 saturated carbocycles. The Morgan fingerprint density at radius 3 is 1.30 bits per heavy atom. The molecule has 0 unspecified atom stereocenters. The van der Waals surface area contributed by atoms with Gasteiger partial charge in [0.05, 0.1) is 0 Å². The maximum atomic E-state index is 2.38. The molecule has 0 N–H and O–H groups in total. The summed E-state index contributed by atoms with van der Waals surface area (Å²) in [4.78, 5) is 0. The summed E-state index contributed by atoms with van der Waals surface area (Å²) in [6.45, 7) is 0. The molecule has 0 heteroatoms. The van der Waals surface area contributed by atoms with Crippen LogP contribution in [-0.2, 0) is 0 Å². The fourth-order valence-electron chi connectivity index (χ4n) is 9.50. The van der Waals surface area contributed by atoms with Crippen molar-refractivity contribution in [2.75, 3.05) is 0 Å². The lowest BCUT2D eigenvalue weighted by Crippen LogP contribution is -1.90. The van der Waals surface area contributed by atoms with Gasteiger partial charge in [0, 0.05) is 0 Å². The Kier molecular flexibility index (Phi) is 6.73. The summed E-state index contributed by atoms with van der Waals surface area (Å²) < 4.78 is 0. The van der Waals surface area contributed by atoms with Gasteiger partial charge in [0.2, 0.25) is 0 Å². The molecule has 258 valence electrons. The highest BCUT2D eigenvalue weighted by Gasteiger charge is 2.17.